The number of anilines is 3. The fourth-order valence-corrected chi connectivity index (χ4v) is 8.70. The molecular weight excluding hydrogens is 727 g/mol. The van der Waals surface area contributed by atoms with E-state index in [1.54, 1.807) is 0 Å². The molecule has 0 fully saturated rings. The molecule has 2 nitrogen and oxygen atoms in total. The van der Waals surface area contributed by atoms with Crippen LogP contribution >= 0.6 is 0 Å². The van der Waals surface area contributed by atoms with Crippen LogP contribution in [0.3, 0.4) is 0 Å². The lowest BCUT2D eigenvalue weighted by atomic mass is 9.87. The zero-order chi connectivity index (χ0) is 39.8. The summed E-state index contributed by atoms with van der Waals surface area (Å²) in [6.07, 6.45) is 0. The second-order valence-electron chi connectivity index (χ2n) is 15.3. The van der Waals surface area contributed by atoms with E-state index in [1.807, 2.05) is 0 Å². The third kappa shape index (κ3) is 6.41. The molecule has 11 rings (SSSR count). The summed E-state index contributed by atoms with van der Waals surface area (Å²) < 4.78 is 7.32. The van der Waals surface area contributed by atoms with Gasteiger partial charge in [-0.05, 0) is 115 Å². The van der Waals surface area contributed by atoms with Crippen LogP contribution in [0.15, 0.2) is 237 Å². The van der Waals surface area contributed by atoms with E-state index < -0.39 is 0 Å². The van der Waals surface area contributed by atoms with E-state index in [0.29, 0.717) is 0 Å². The summed E-state index contributed by atoms with van der Waals surface area (Å²) in [6.45, 7) is 0. The molecule has 0 aromatic heterocycles. The highest BCUT2D eigenvalue weighted by Crippen LogP contribution is 2.55. The lowest BCUT2D eigenvalue weighted by Gasteiger charge is -2.28. The molecule has 0 bridgehead atoms. The Bertz CT molecular complexity index is 3120. The van der Waals surface area contributed by atoms with Crippen LogP contribution in [0.4, 0.5) is 17.1 Å². The summed E-state index contributed by atoms with van der Waals surface area (Å²) in [4.78, 5) is 2.32. The smallest absolute Gasteiger partial charge is 0.159 e. The molecule has 10 aromatic carbocycles. The minimum absolute atomic E-state index is 0.814. The summed E-state index contributed by atoms with van der Waals surface area (Å²) in [6, 6.07) is 84.6. The van der Waals surface area contributed by atoms with Gasteiger partial charge >= 0.3 is 0 Å². The highest BCUT2D eigenvalue weighted by atomic mass is 16.5. The van der Waals surface area contributed by atoms with Crippen molar-refractivity contribution in [2.24, 2.45) is 0 Å². The lowest BCUT2D eigenvalue weighted by Crippen LogP contribution is -2.11. The second-order valence-corrected chi connectivity index (χ2v) is 15.3. The molecule has 0 atom stereocenters. The zero-order valence-electron chi connectivity index (χ0n) is 32.9. The van der Waals surface area contributed by atoms with Gasteiger partial charge in [0.15, 0.2) is 5.75 Å². The van der Waals surface area contributed by atoms with Gasteiger partial charge in [-0.3, -0.25) is 0 Å². The monoisotopic (exact) mass is 765 g/mol. The Balaban J connectivity index is 1.05. The van der Waals surface area contributed by atoms with E-state index in [4.69, 9.17) is 4.74 Å². The maximum atomic E-state index is 7.32. The highest BCUT2D eigenvalue weighted by molar-refractivity contribution is 6.05. The number of nitrogens with zero attached hydrogens (tertiary/aromatic N) is 1. The highest BCUT2D eigenvalue weighted by Gasteiger charge is 2.28. The van der Waals surface area contributed by atoms with Gasteiger partial charge in [0.1, 0.15) is 5.75 Å². The van der Waals surface area contributed by atoms with Crippen LogP contribution in [0.1, 0.15) is 0 Å². The van der Waals surface area contributed by atoms with Crippen molar-refractivity contribution in [3.8, 4) is 78.3 Å². The molecule has 0 spiro atoms. The summed E-state index contributed by atoms with van der Waals surface area (Å²) >= 11 is 0. The molecule has 60 heavy (non-hydrogen) atoms. The lowest BCUT2D eigenvalue weighted by molar-refractivity contribution is 0.489. The first-order valence-corrected chi connectivity index (χ1v) is 20.5. The molecule has 0 amide bonds. The molecule has 282 valence electrons. The van der Waals surface area contributed by atoms with Gasteiger partial charge in [-0.15, -0.1) is 0 Å². The Labute approximate surface area is 350 Å². The van der Waals surface area contributed by atoms with Crippen molar-refractivity contribution in [3.63, 3.8) is 0 Å². The molecule has 1 aliphatic heterocycles. The van der Waals surface area contributed by atoms with Gasteiger partial charge < -0.3 is 9.64 Å². The van der Waals surface area contributed by atoms with Crippen molar-refractivity contribution in [1.29, 1.82) is 0 Å². The van der Waals surface area contributed by atoms with Crippen LogP contribution in [-0.4, -0.2) is 0 Å². The maximum Gasteiger partial charge on any atom is 0.159 e. The minimum atomic E-state index is 0.814. The first-order chi connectivity index (χ1) is 29.7. The number of benzene rings is 10. The number of rotatable bonds is 7. The summed E-state index contributed by atoms with van der Waals surface area (Å²) in [5.74, 6) is 1.64. The number of ether oxygens (including phenoxy) is 1. The van der Waals surface area contributed by atoms with Gasteiger partial charge in [-0.2, -0.15) is 0 Å². The molecule has 1 aliphatic rings. The van der Waals surface area contributed by atoms with Crippen LogP contribution < -0.4 is 9.64 Å². The first-order valence-electron chi connectivity index (χ1n) is 20.5. The Morgan fingerprint density at radius 3 is 1.30 bits per heavy atom. The first kappa shape index (κ1) is 35.2. The summed E-state index contributed by atoms with van der Waals surface area (Å²) in [5, 5.41) is 2.38. The van der Waals surface area contributed by atoms with E-state index in [0.717, 1.165) is 67.5 Å². The van der Waals surface area contributed by atoms with Gasteiger partial charge in [-0.1, -0.05) is 188 Å². The van der Waals surface area contributed by atoms with Gasteiger partial charge in [0.25, 0.3) is 0 Å². The van der Waals surface area contributed by atoms with Crippen molar-refractivity contribution in [1.82, 2.24) is 0 Å². The molecule has 0 aliphatic carbocycles. The molecule has 0 saturated carbocycles. The average molecular weight is 766 g/mol. The van der Waals surface area contributed by atoms with Gasteiger partial charge in [0.05, 0.1) is 5.69 Å². The van der Waals surface area contributed by atoms with E-state index in [2.05, 4.69) is 241 Å². The van der Waals surface area contributed by atoms with Crippen molar-refractivity contribution in [3.05, 3.63) is 237 Å². The average Bonchev–Trinajstić information content (AvgIpc) is 3.47. The van der Waals surface area contributed by atoms with Crippen LogP contribution in [0.5, 0.6) is 11.5 Å². The van der Waals surface area contributed by atoms with Crippen molar-refractivity contribution in [2.45, 2.75) is 0 Å². The van der Waals surface area contributed by atoms with Crippen molar-refractivity contribution in [2.75, 3.05) is 4.90 Å². The fourth-order valence-electron chi connectivity index (χ4n) is 8.70. The van der Waals surface area contributed by atoms with Crippen LogP contribution in [-0.2, 0) is 0 Å². The Morgan fingerprint density at radius 2 is 0.717 bits per heavy atom. The predicted molar refractivity (Wildman–Crippen MR) is 251 cm³/mol. The topological polar surface area (TPSA) is 12.5 Å². The summed E-state index contributed by atoms with van der Waals surface area (Å²) in [7, 11) is 0. The Kier molecular flexibility index (Phi) is 8.87. The van der Waals surface area contributed by atoms with Crippen LogP contribution in [0.25, 0.3) is 77.5 Å². The van der Waals surface area contributed by atoms with Crippen molar-refractivity contribution < 1.29 is 4.74 Å². The fraction of sp³-hybridized carbons (Fsp3) is 0. The van der Waals surface area contributed by atoms with Crippen LogP contribution in [0, 0.1) is 0 Å². The number of fused-ring (bicyclic) bond motifs is 6. The van der Waals surface area contributed by atoms with Gasteiger partial charge in [0, 0.05) is 22.5 Å². The predicted octanol–water partition coefficient (Wildman–Crippen LogP) is 16.4. The largest absolute Gasteiger partial charge is 0.454 e. The van der Waals surface area contributed by atoms with Gasteiger partial charge in [0.2, 0.25) is 0 Å². The van der Waals surface area contributed by atoms with E-state index in [1.165, 1.54) is 38.6 Å². The number of hydrogen-bond donors (Lipinski definition) is 0. The zero-order valence-corrected chi connectivity index (χ0v) is 32.9. The second kappa shape index (κ2) is 15.1. The molecule has 0 N–H and O–H groups in total. The molecule has 2 heteroatoms. The molecule has 10 aromatic rings. The Morgan fingerprint density at radius 1 is 0.283 bits per heavy atom. The van der Waals surface area contributed by atoms with E-state index in [-0.39, 0.29) is 0 Å². The minimum Gasteiger partial charge on any atom is -0.454 e. The number of para-hydroxylation sites is 2. The molecule has 0 unspecified atom stereocenters. The van der Waals surface area contributed by atoms with Crippen molar-refractivity contribution >= 4 is 27.8 Å². The number of hydrogen-bond acceptors (Lipinski definition) is 2. The molecule has 1 heterocycles. The van der Waals surface area contributed by atoms with Gasteiger partial charge in [-0.25, -0.2) is 0 Å². The third-order valence-corrected chi connectivity index (χ3v) is 11.7. The summed E-state index contributed by atoms with van der Waals surface area (Å²) in [5.41, 5.74) is 16.9. The molecule has 0 radical (unpaired) electrons. The quantitative estimate of drug-likeness (QED) is 0.160. The third-order valence-electron chi connectivity index (χ3n) is 11.7. The molecule has 0 saturated heterocycles. The Hall–Kier alpha value is -7.94. The van der Waals surface area contributed by atoms with Crippen LogP contribution in [0.2, 0.25) is 0 Å². The maximum absolute atomic E-state index is 7.32. The normalized spacial score (nSPS) is 11.5. The molecular formula is C58H39NO. The standard InChI is InChI=1S/C58H39NO/c1-4-14-40(15-5-1)42-26-28-44(29-27-42)45-34-36-50(37-35-45)59(49-20-8-3-9-21-49)55-24-12-23-52-53-38-47-18-10-11-19-48(47)39-54(53)57-51(22-13-25-56(57)60-58(52)55)46-32-30-43(31-33-46)41-16-6-2-7-17-41/h1-39H. The SMILES string of the molecule is c1ccc(-c2ccc(-c3ccc(N(c4ccccc4)c4cccc5c4Oc4cccc(-c6ccc(-c7ccccc7)cc6)c4-c4cc6ccccc6cc4-5)cc3)cc2)cc1. The van der Waals surface area contributed by atoms with E-state index >= 15 is 0 Å². The van der Waals surface area contributed by atoms with E-state index in [9.17, 15) is 0 Å².